The predicted octanol–water partition coefficient (Wildman–Crippen LogP) is 1.84. The molecule has 2 aromatic rings. The highest BCUT2D eigenvalue weighted by Crippen LogP contribution is 2.26. The Morgan fingerprint density at radius 3 is 2.58 bits per heavy atom. The number of hydrogen-bond acceptors (Lipinski definition) is 7. The molecule has 2 atom stereocenters. The number of amides is 1. The number of carbonyl (C=O) groups is 1. The Balaban J connectivity index is 1.90. The van der Waals surface area contributed by atoms with Crippen LogP contribution < -0.4 is 22.1 Å². The zero-order valence-corrected chi connectivity index (χ0v) is 14.5. The van der Waals surface area contributed by atoms with E-state index in [-0.39, 0.29) is 29.3 Å². The zero-order valence-electron chi connectivity index (χ0n) is 14.5. The summed E-state index contributed by atoms with van der Waals surface area (Å²) in [6, 6.07) is 0.937. The molecule has 8 nitrogen and oxygen atoms in total. The van der Waals surface area contributed by atoms with Crippen LogP contribution in [0, 0.1) is 12.7 Å². The van der Waals surface area contributed by atoms with Gasteiger partial charge in [-0.1, -0.05) is 12.8 Å². The van der Waals surface area contributed by atoms with Gasteiger partial charge in [0, 0.05) is 12.1 Å². The fourth-order valence-corrected chi connectivity index (χ4v) is 2.98. The second-order valence-electron chi connectivity index (χ2n) is 6.42. The van der Waals surface area contributed by atoms with E-state index >= 15 is 0 Å². The Morgan fingerprint density at radius 1 is 1.23 bits per heavy atom. The maximum absolute atomic E-state index is 14.4. The molecule has 1 fully saturated rings. The molecule has 0 spiro atoms. The van der Waals surface area contributed by atoms with Crippen molar-refractivity contribution in [1.82, 2.24) is 15.0 Å². The monoisotopic (exact) mass is 359 g/mol. The van der Waals surface area contributed by atoms with E-state index in [1.165, 1.54) is 0 Å². The van der Waals surface area contributed by atoms with Crippen LogP contribution in [0.25, 0.3) is 0 Å². The molecule has 26 heavy (non-hydrogen) atoms. The van der Waals surface area contributed by atoms with Gasteiger partial charge in [-0.05, 0) is 25.8 Å². The molecule has 1 amide bonds. The first kappa shape index (κ1) is 18.0. The highest BCUT2D eigenvalue weighted by molar-refractivity contribution is 5.98. The summed E-state index contributed by atoms with van der Waals surface area (Å²) in [5.41, 5.74) is 11.9. The highest BCUT2D eigenvalue weighted by atomic mass is 19.1. The normalized spacial score (nSPS) is 19.8. The standard InChI is InChI=1S/C17H22FN7O/c1-9-21-7-10(8-22-9)23-16-11(15(20)26)6-12(18)17(25-16)24-14-5-3-2-4-13(14)19/h6-8,13-14H,2-5,19H2,1H3,(H2,20,26)(H2,23,24,25). The lowest BCUT2D eigenvalue weighted by Gasteiger charge is -2.30. The molecule has 9 heteroatoms. The van der Waals surface area contributed by atoms with E-state index in [1.54, 1.807) is 19.3 Å². The van der Waals surface area contributed by atoms with Crippen LogP contribution in [0.2, 0.25) is 0 Å². The van der Waals surface area contributed by atoms with Gasteiger partial charge in [0.1, 0.15) is 11.6 Å². The van der Waals surface area contributed by atoms with Gasteiger partial charge in [-0.3, -0.25) is 4.79 Å². The van der Waals surface area contributed by atoms with Gasteiger partial charge in [0.05, 0.1) is 23.6 Å². The van der Waals surface area contributed by atoms with Crippen LogP contribution in [0.15, 0.2) is 18.5 Å². The number of rotatable bonds is 5. The molecule has 2 heterocycles. The van der Waals surface area contributed by atoms with Gasteiger partial charge in [-0.25, -0.2) is 19.3 Å². The fourth-order valence-electron chi connectivity index (χ4n) is 2.98. The van der Waals surface area contributed by atoms with Crippen LogP contribution in [0.3, 0.4) is 0 Å². The summed E-state index contributed by atoms with van der Waals surface area (Å²) in [6.45, 7) is 1.75. The lowest BCUT2D eigenvalue weighted by molar-refractivity contribution is 0.100. The summed E-state index contributed by atoms with van der Waals surface area (Å²) in [4.78, 5) is 24.0. The molecule has 138 valence electrons. The van der Waals surface area contributed by atoms with Gasteiger partial charge in [-0.2, -0.15) is 0 Å². The molecule has 3 rings (SSSR count). The summed E-state index contributed by atoms with van der Waals surface area (Å²) in [5, 5.41) is 5.99. The van der Waals surface area contributed by atoms with E-state index in [0.29, 0.717) is 11.5 Å². The van der Waals surface area contributed by atoms with Crippen molar-refractivity contribution in [3.63, 3.8) is 0 Å². The lowest BCUT2D eigenvalue weighted by Crippen LogP contribution is -2.43. The molecule has 0 radical (unpaired) electrons. The molecule has 0 bridgehead atoms. The third-order valence-electron chi connectivity index (χ3n) is 4.43. The van der Waals surface area contributed by atoms with E-state index in [4.69, 9.17) is 11.5 Å². The minimum absolute atomic E-state index is 0.0351. The Morgan fingerprint density at radius 2 is 1.92 bits per heavy atom. The number of halogens is 1. The molecule has 1 aliphatic carbocycles. The summed E-state index contributed by atoms with van der Waals surface area (Å²) < 4.78 is 14.4. The first-order valence-electron chi connectivity index (χ1n) is 8.52. The van der Waals surface area contributed by atoms with Gasteiger partial charge in [0.25, 0.3) is 5.91 Å². The molecule has 6 N–H and O–H groups in total. The van der Waals surface area contributed by atoms with Crippen LogP contribution in [0.5, 0.6) is 0 Å². The molecule has 1 aliphatic rings. The van der Waals surface area contributed by atoms with Crippen LogP contribution in [0.1, 0.15) is 41.9 Å². The minimum Gasteiger partial charge on any atom is -0.365 e. The number of pyridine rings is 1. The lowest BCUT2D eigenvalue weighted by atomic mass is 9.91. The summed E-state index contributed by atoms with van der Waals surface area (Å²) >= 11 is 0. The maximum Gasteiger partial charge on any atom is 0.252 e. The molecule has 2 unspecified atom stereocenters. The number of nitrogens with two attached hydrogens (primary N) is 2. The average Bonchev–Trinajstić information content (AvgIpc) is 2.61. The van der Waals surface area contributed by atoms with Gasteiger partial charge in [0.2, 0.25) is 0 Å². The number of carbonyl (C=O) groups excluding carboxylic acids is 1. The van der Waals surface area contributed by atoms with Crippen molar-refractivity contribution in [1.29, 1.82) is 0 Å². The van der Waals surface area contributed by atoms with Crippen molar-refractivity contribution in [2.24, 2.45) is 11.5 Å². The summed E-state index contributed by atoms with van der Waals surface area (Å²) in [6.07, 6.45) is 6.90. The minimum atomic E-state index is -0.784. The van der Waals surface area contributed by atoms with E-state index in [9.17, 15) is 9.18 Å². The Hall–Kier alpha value is -2.81. The number of primary amides is 1. The quantitative estimate of drug-likeness (QED) is 0.640. The van der Waals surface area contributed by atoms with Gasteiger partial charge >= 0.3 is 0 Å². The Labute approximate surface area is 150 Å². The third kappa shape index (κ3) is 4.05. The molecule has 2 aromatic heterocycles. The number of hydrogen-bond donors (Lipinski definition) is 4. The van der Waals surface area contributed by atoms with Gasteiger partial charge < -0.3 is 22.1 Å². The van der Waals surface area contributed by atoms with Crippen molar-refractivity contribution in [3.05, 3.63) is 35.7 Å². The van der Waals surface area contributed by atoms with E-state index in [0.717, 1.165) is 31.7 Å². The topological polar surface area (TPSA) is 132 Å². The second-order valence-corrected chi connectivity index (χ2v) is 6.42. The molecule has 0 aromatic carbocycles. The van der Waals surface area contributed by atoms with Crippen LogP contribution in [0.4, 0.5) is 21.7 Å². The SMILES string of the molecule is Cc1ncc(Nc2nc(NC3CCCCC3N)c(F)cc2C(N)=O)cn1. The van der Waals surface area contributed by atoms with E-state index < -0.39 is 11.7 Å². The van der Waals surface area contributed by atoms with Crippen molar-refractivity contribution < 1.29 is 9.18 Å². The fraction of sp³-hybridized carbons (Fsp3) is 0.412. The molecular formula is C17H22FN7O. The van der Waals surface area contributed by atoms with Crippen LogP contribution >= 0.6 is 0 Å². The molecule has 0 aliphatic heterocycles. The van der Waals surface area contributed by atoms with Crippen LogP contribution in [-0.4, -0.2) is 32.9 Å². The Kier molecular flexibility index (Phi) is 5.27. The largest absolute Gasteiger partial charge is 0.365 e. The Bertz CT molecular complexity index is 796. The number of anilines is 3. The second kappa shape index (κ2) is 7.61. The number of nitrogens with zero attached hydrogens (tertiary/aromatic N) is 3. The molecule has 0 saturated heterocycles. The van der Waals surface area contributed by atoms with Crippen molar-refractivity contribution in [3.8, 4) is 0 Å². The molecular weight excluding hydrogens is 337 g/mol. The summed E-state index contributed by atoms with van der Waals surface area (Å²) in [5.74, 6) is -0.660. The first-order valence-corrected chi connectivity index (χ1v) is 8.52. The average molecular weight is 359 g/mol. The first-order chi connectivity index (χ1) is 12.4. The van der Waals surface area contributed by atoms with Gasteiger partial charge in [-0.15, -0.1) is 0 Å². The smallest absolute Gasteiger partial charge is 0.252 e. The maximum atomic E-state index is 14.4. The number of aromatic nitrogens is 3. The highest BCUT2D eigenvalue weighted by Gasteiger charge is 2.24. The molecule has 1 saturated carbocycles. The van der Waals surface area contributed by atoms with Crippen molar-refractivity contribution >= 4 is 23.2 Å². The van der Waals surface area contributed by atoms with Gasteiger partial charge in [0.15, 0.2) is 11.6 Å². The number of aryl methyl sites for hydroxylation is 1. The summed E-state index contributed by atoms with van der Waals surface area (Å²) in [7, 11) is 0. The van der Waals surface area contributed by atoms with Crippen molar-refractivity contribution in [2.75, 3.05) is 10.6 Å². The third-order valence-corrected chi connectivity index (χ3v) is 4.43. The predicted molar refractivity (Wildman–Crippen MR) is 96.6 cm³/mol. The van der Waals surface area contributed by atoms with Crippen molar-refractivity contribution in [2.45, 2.75) is 44.7 Å². The zero-order chi connectivity index (χ0) is 18.7. The van der Waals surface area contributed by atoms with E-state index in [1.807, 2.05) is 0 Å². The van der Waals surface area contributed by atoms with Crippen LogP contribution in [-0.2, 0) is 0 Å². The number of nitrogens with one attached hydrogen (secondary N) is 2. The van der Waals surface area contributed by atoms with E-state index in [2.05, 4.69) is 25.6 Å².